The molecule has 0 bridgehead atoms. The molecule has 0 radical (unpaired) electrons. The first kappa shape index (κ1) is 17.9. The average Bonchev–Trinajstić information content (AvgIpc) is 2.66. The highest BCUT2D eigenvalue weighted by atomic mass is 19.4. The molecule has 1 aliphatic heterocycles. The molecule has 9 heteroatoms. The number of anilines is 2. The molecule has 0 atom stereocenters. The number of nitrogens with zero attached hydrogens (tertiary/aromatic N) is 6. The van der Waals surface area contributed by atoms with E-state index >= 15 is 0 Å². The molecule has 0 N–H and O–H groups in total. The molecule has 2 aliphatic rings. The molecule has 0 amide bonds. The summed E-state index contributed by atoms with van der Waals surface area (Å²) in [6, 6.07) is 1.04. The first-order chi connectivity index (χ1) is 12.9. The van der Waals surface area contributed by atoms with Crippen molar-refractivity contribution in [3.63, 3.8) is 0 Å². The summed E-state index contributed by atoms with van der Waals surface area (Å²) in [5.41, 5.74) is 1.47. The molecular formula is C18H21F3N6. The van der Waals surface area contributed by atoms with Gasteiger partial charge in [0.1, 0.15) is 29.5 Å². The fraction of sp³-hybridized carbons (Fsp3) is 0.556. The van der Waals surface area contributed by atoms with Crippen molar-refractivity contribution in [2.75, 3.05) is 36.0 Å². The predicted octanol–water partition coefficient (Wildman–Crippen LogP) is 2.80. The van der Waals surface area contributed by atoms with Crippen LogP contribution in [0.4, 0.5) is 24.8 Å². The van der Waals surface area contributed by atoms with Gasteiger partial charge in [-0.2, -0.15) is 13.2 Å². The molecule has 0 spiro atoms. The van der Waals surface area contributed by atoms with Crippen molar-refractivity contribution in [2.45, 2.75) is 38.8 Å². The molecule has 2 aromatic heterocycles. The SMILES string of the molecule is Cc1nc(N2CCN(c3ncnc4c3CCCC4)CC2)cc(C(F)(F)F)n1. The van der Waals surface area contributed by atoms with Crippen LogP contribution in [0, 0.1) is 6.92 Å². The van der Waals surface area contributed by atoms with E-state index in [-0.39, 0.29) is 5.82 Å². The van der Waals surface area contributed by atoms with Crippen LogP contribution in [-0.4, -0.2) is 46.1 Å². The van der Waals surface area contributed by atoms with Crippen molar-refractivity contribution >= 4 is 11.6 Å². The van der Waals surface area contributed by atoms with Crippen LogP contribution in [0.3, 0.4) is 0 Å². The Morgan fingerprint density at radius 3 is 2.37 bits per heavy atom. The molecule has 144 valence electrons. The minimum Gasteiger partial charge on any atom is -0.353 e. The summed E-state index contributed by atoms with van der Waals surface area (Å²) in [5.74, 6) is 1.44. The lowest BCUT2D eigenvalue weighted by Crippen LogP contribution is -2.47. The summed E-state index contributed by atoms with van der Waals surface area (Å²) in [6.45, 7) is 4.04. The van der Waals surface area contributed by atoms with Crippen LogP contribution in [0.2, 0.25) is 0 Å². The summed E-state index contributed by atoms with van der Waals surface area (Å²) < 4.78 is 39.1. The Labute approximate surface area is 155 Å². The van der Waals surface area contributed by atoms with Gasteiger partial charge < -0.3 is 9.80 Å². The molecule has 1 fully saturated rings. The number of rotatable bonds is 2. The Morgan fingerprint density at radius 1 is 0.926 bits per heavy atom. The minimum atomic E-state index is -4.47. The smallest absolute Gasteiger partial charge is 0.353 e. The van der Waals surface area contributed by atoms with E-state index in [0.29, 0.717) is 32.0 Å². The molecule has 0 saturated carbocycles. The maximum Gasteiger partial charge on any atom is 0.433 e. The number of aromatic nitrogens is 4. The Morgan fingerprint density at radius 2 is 1.63 bits per heavy atom. The summed E-state index contributed by atoms with van der Waals surface area (Å²) in [4.78, 5) is 20.7. The third kappa shape index (κ3) is 3.68. The van der Waals surface area contributed by atoms with Crippen LogP contribution >= 0.6 is 0 Å². The van der Waals surface area contributed by atoms with Crippen molar-refractivity contribution in [3.05, 3.63) is 35.2 Å². The molecule has 6 nitrogen and oxygen atoms in total. The number of alkyl halides is 3. The van der Waals surface area contributed by atoms with Crippen LogP contribution in [0.5, 0.6) is 0 Å². The maximum atomic E-state index is 13.0. The average molecular weight is 378 g/mol. The predicted molar refractivity (Wildman–Crippen MR) is 94.9 cm³/mol. The zero-order valence-electron chi connectivity index (χ0n) is 15.1. The molecule has 3 heterocycles. The zero-order valence-corrected chi connectivity index (χ0v) is 15.1. The van der Waals surface area contributed by atoms with Crippen molar-refractivity contribution in [3.8, 4) is 0 Å². The fourth-order valence-corrected chi connectivity index (χ4v) is 3.78. The van der Waals surface area contributed by atoms with Gasteiger partial charge in [0.25, 0.3) is 0 Å². The van der Waals surface area contributed by atoms with Gasteiger partial charge in [-0.3, -0.25) is 0 Å². The first-order valence-electron chi connectivity index (χ1n) is 9.17. The van der Waals surface area contributed by atoms with Crippen LogP contribution < -0.4 is 9.80 Å². The largest absolute Gasteiger partial charge is 0.433 e. The van der Waals surface area contributed by atoms with Gasteiger partial charge in [-0.15, -0.1) is 0 Å². The molecule has 27 heavy (non-hydrogen) atoms. The van der Waals surface area contributed by atoms with Gasteiger partial charge in [0.05, 0.1) is 0 Å². The highest BCUT2D eigenvalue weighted by molar-refractivity contribution is 5.52. The summed E-state index contributed by atoms with van der Waals surface area (Å²) in [5, 5.41) is 0. The van der Waals surface area contributed by atoms with Crippen LogP contribution in [0.1, 0.15) is 35.6 Å². The van der Waals surface area contributed by atoms with Gasteiger partial charge >= 0.3 is 6.18 Å². The van der Waals surface area contributed by atoms with E-state index in [4.69, 9.17) is 0 Å². The second-order valence-electron chi connectivity index (χ2n) is 6.96. The van der Waals surface area contributed by atoms with E-state index in [0.717, 1.165) is 43.3 Å². The lowest BCUT2D eigenvalue weighted by Gasteiger charge is -2.37. The van der Waals surface area contributed by atoms with Crippen LogP contribution in [0.25, 0.3) is 0 Å². The van der Waals surface area contributed by atoms with Gasteiger partial charge in [0, 0.05) is 43.5 Å². The van der Waals surface area contributed by atoms with Crippen LogP contribution in [-0.2, 0) is 19.0 Å². The maximum absolute atomic E-state index is 13.0. The summed E-state index contributed by atoms with van der Waals surface area (Å²) in [6.07, 6.45) is 1.44. The number of hydrogen-bond donors (Lipinski definition) is 0. The zero-order chi connectivity index (χ0) is 19.0. The monoisotopic (exact) mass is 378 g/mol. The van der Waals surface area contributed by atoms with E-state index in [1.165, 1.54) is 12.5 Å². The quantitative estimate of drug-likeness (QED) is 0.801. The highest BCUT2D eigenvalue weighted by Gasteiger charge is 2.34. The van der Waals surface area contributed by atoms with Crippen molar-refractivity contribution in [1.82, 2.24) is 19.9 Å². The molecule has 1 saturated heterocycles. The first-order valence-corrected chi connectivity index (χ1v) is 9.17. The normalized spacial score (nSPS) is 17.8. The molecule has 1 aliphatic carbocycles. The fourth-order valence-electron chi connectivity index (χ4n) is 3.78. The summed E-state index contributed by atoms with van der Waals surface area (Å²) >= 11 is 0. The molecule has 0 unspecified atom stereocenters. The Kier molecular flexibility index (Phi) is 4.61. The number of piperazine rings is 1. The third-order valence-electron chi connectivity index (χ3n) is 5.12. The van der Waals surface area contributed by atoms with E-state index in [1.54, 1.807) is 6.33 Å². The minimum absolute atomic E-state index is 0.132. The standard InChI is InChI=1S/C18H21F3N6/c1-12-24-15(18(19,20)21)10-16(25-12)26-6-8-27(9-7-26)17-13-4-2-3-5-14(13)22-11-23-17/h10-11H,2-9H2,1H3. The topological polar surface area (TPSA) is 58.0 Å². The second kappa shape index (κ2) is 6.94. The van der Waals surface area contributed by atoms with Crippen molar-refractivity contribution in [1.29, 1.82) is 0 Å². The second-order valence-corrected chi connectivity index (χ2v) is 6.96. The number of hydrogen-bond acceptors (Lipinski definition) is 6. The number of halogens is 3. The van der Waals surface area contributed by atoms with Crippen molar-refractivity contribution in [2.24, 2.45) is 0 Å². The highest BCUT2D eigenvalue weighted by Crippen LogP contribution is 2.31. The van der Waals surface area contributed by atoms with E-state index in [1.807, 2.05) is 4.90 Å². The Bertz CT molecular complexity index is 830. The molecule has 2 aromatic rings. The molecular weight excluding hydrogens is 357 g/mol. The lowest BCUT2D eigenvalue weighted by atomic mass is 9.96. The van der Waals surface area contributed by atoms with Gasteiger partial charge in [-0.25, -0.2) is 19.9 Å². The summed E-state index contributed by atoms with van der Waals surface area (Å²) in [7, 11) is 0. The van der Waals surface area contributed by atoms with Gasteiger partial charge in [-0.1, -0.05) is 0 Å². The van der Waals surface area contributed by atoms with E-state index < -0.39 is 11.9 Å². The molecule has 4 rings (SSSR count). The van der Waals surface area contributed by atoms with E-state index in [9.17, 15) is 13.2 Å². The van der Waals surface area contributed by atoms with Gasteiger partial charge in [0.15, 0.2) is 0 Å². The lowest BCUT2D eigenvalue weighted by molar-refractivity contribution is -0.141. The Hall–Kier alpha value is -2.45. The van der Waals surface area contributed by atoms with E-state index in [2.05, 4.69) is 24.8 Å². The van der Waals surface area contributed by atoms with Gasteiger partial charge in [-0.05, 0) is 32.6 Å². The van der Waals surface area contributed by atoms with Crippen molar-refractivity contribution < 1.29 is 13.2 Å². The molecule has 0 aromatic carbocycles. The number of aryl methyl sites for hydroxylation is 2. The third-order valence-corrected chi connectivity index (χ3v) is 5.12. The number of fused-ring (bicyclic) bond motifs is 1. The van der Waals surface area contributed by atoms with Gasteiger partial charge in [0.2, 0.25) is 0 Å². The van der Waals surface area contributed by atoms with Crippen LogP contribution in [0.15, 0.2) is 12.4 Å². The Balaban J connectivity index is 1.51.